The van der Waals surface area contributed by atoms with Crippen LogP contribution in [0.4, 0.5) is 11.4 Å². The molecule has 0 saturated heterocycles. The molecule has 1 aromatic heterocycles. The average molecular weight is 274 g/mol. The van der Waals surface area contributed by atoms with E-state index in [-0.39, 0.29) is 6.61 Å². The number of nitrogen functional groups attached to an aromatic ring is 1. The molecule has 0 bridgehead atoms. The molecule has 2 aromatic rings. The zero-order chi connectivity index (χ0) is 14.7. The second kappa shape index (κ2) is 5.64. The SMILES string of the molecule is CN(C)c1ccc(C(=O)OCc2ccn(C)n2)cc1N. The molecule has 0 atom stereocenters. The maximum Gasteiger partial charge on any atom is 0.338 e. The summed E-state index contributed by atoms with van der Waals surface area (Å²) >= 11 is 0. The fourth-order valence-electron chi connectivity index (χ4n) is 1.85. The number of nitrogens with zero attached hydrogens (tertiary/aromatic N) is 3. The van der Waals surface area contributed by atoms with Gasteiger partial charge in [-0.1, -0.05) is 0 Å². The minimum atomic E-state index is -0.410. The topological polar surface area (TPSA) is 73.4 Å². The Morgan fingerprint density at radius 3 is 2.70 bits per heavy atom. The molecule has 6 heteroatoms. The van der Waals surface area contributed by atoms with E-state index in [9.17, 15) is 4.79 Å². The molecule has 6 nitrogen and oxygen atoms in total. The van der Waals surface area contributed by atoms with Gasteiger partial charge in [0.25, 0.3) is 0 Å². The van der Waals surface area contributed by atoms with Crippen LogP contribution in [-0.4, -0.2) is 29.8 Å². The number of carbonyl (C=O) groups excluding carboxylic acids is 1. The summed E-state index contributed by atoms with van der Waals surface area (Å²) in [7, 11) is 5.60. The summed E-state index contributed by atoms with van der Waals surface area (Å²) in [5.74, 6) is -0.410. The van der Waals surface area contributed by atoms with E-state index in [4.69, 9.17) is 10.5 Å². The molecule has 0 aliphatic carbocycles. The summed E-state index contributed by atoms with van der Waals surface area (Å²) in [4.78, 5) is 13.8. The predicted molar refractivity (Wildman–Crippen MR) is 77.5 cm³/mol. The number of esters is 1. The number of hydrogen-bond acceptors (Lipinski definition) is 5. The lowest BCUT2D eigenvalue weighted by atomic mass is 10.1. The zero-order valence-electron chi connectivity index (χ0n) is 11.8. The quantitative estimate of drug-likeness (QED) is 0.674. The zero-order valence-corrected chi connectivity index (χ0v) is 11.8. The highest BCUT2D eigenvalue weighted by molar-refractivity contribution is 5.92. The van der Waals surface area contributed by atoms with E-state index in [2.05, 4.69) is 5.10 Å². The van der Waals surface area contributed by atoms with Crippen LogP contribution in [0.2, 0.25) is 0 Å². The second-order valence-electron chi connectivity index (χ2n) is 4.72. The Morgan fingerprint density at radius 2 is 2.15 bits per heavy atom. The molecule has 106 valence electrons. The van der Waals surface area contributed by atoms with Gasteiger partial charge in [0, 0.05) is 27.3 Å². The van der Waals surface area contributed by atoms with Crippen LogP contribution >= 0.6 is 0 Å². The molecular weight excluding hydrogens is 256 g/mol. The minimum Gasteiger partial charge on any atom is -0.456 e. The van der Waals surface area contributed by atoms with Crippen molar-refractivity contribution in [3.05, 3.63) is 41.7 Å². The summed E-state index contributed by atoms with van der Waals surface area (Å²) < 4.78 is 6.86. The van der Waals surface area contributed by atoms with E-state index >= 15 is 0 Å². The van der Waals surface area contributed by atoms with E-state index < -0.39 is 5.97 Å². The number of rotatable bonds is 4. The molecule has 2 rings (SSSR count). The Kier molecular flexibility index (Phi) is 3.93. The van der Waals surface area contributed by atoms with Crippen molar-refractivity contribution < 1.29 is 9.53 Å². The van der Waals surface area contributed by atoms with Gasteiger partial charge in [-0.25, -0.2) is 4.79 Å². The van der Waals surface area contributed by atoms with Gasteiger partial charge in [0.15, 0.2) is 0 Å². The molecule has 0 fully saturated rings. The summed E-state index contributed by atoms with van der Waals surface area (Å²) in [6.07, 6.45) is 1.80. The number of ether oxygens (including phenoxy) is 1. The van der Waals surface area contributed by atoms with Gasteiger partial charge in [-0.2, -0.15) is 5.10 Å². The number of aryl methyl sites for hydroxylation is 1. The van der Waals surface area contributed by atoms with E-state index in [0.717, 1.165) is 5.69 Å². The van der Waals surface area contributed by atoms with Gasteiger partial charge < -0.3 is 15.4 Å². The first-order valence-electron chi connectivity index (χ1n) is 6.20. The minimum absolute atomic E-state index is 0.148. The van der Waals surface area contributed by atoms with Crippen molar-refractivity contribution in [2.75, 3.05) is 24.7 Å². The normalized spacial score (nSPS) is 10.3. The van der Waals surface area contributed by atoms with Crippen LogP contribution in [0.1, 0.15) is 16.1 Å². The van der Waals surface area contributed by atoms with Crippen molar-refractivity contribution in [2.45, 2.75) is 6.61 Å². The number of benzene rings is 1. The van der Waals surface area contributed by atoms with Crippen LogP contribution in [-0.2, 0) is 18.4 Å². The molecule has 0 amide bonds. The second-order valence-corrected chi connectivity index (χ2v) is 4.72. The van der Waals surface area contributed by atoms with Gasteiger partial charge in [-0.15, -0.1) is 0 Å². The highest BCUT2D eigenvalue weighted by atomic mass is 16.5. The van der Waals surface area contributed by atoms with Crippen LogP contribution in [0.15, 0.2) is 30.5 Å². The third kappa shape index (κ3) is 3.09. The third-order valence-corrected chi connectivity index (χ3v) is 2.87. The van der Waals surface area contributed by atoms with Crippen molar-refractivity contribution in [3.63, 3.8) is 0 Å². The maximum atomic E-state index is 11.9. The lowest BCUT2D eigenvalue weighted by Gasteiger charge is -2.15. The molecule has 0 saturated carbocycles. The Morgan fingerprint density at radius 1 is 1.40 bits per heavy atom. The van der Waals surface area contributed by atoms with Crippen molar-refractivity contribution in [1.29, 1.82) is 0 Å². The first-order valence-corrected chi connectivity index (χ1v) is 6.20. The number of hydrogen-bond donors (Lipinski definition) is 1. The monoisotopic (exact) mass is 274 g/mol. The first-order chi connectivity index (χ1) is 9.47. The molecule has 1 heterocycles. The van der Waals surface area contributed by atoms with E-state index in [1.165, 1.54) is 0 Å². The van der Waals surface area contributed by atoms with E-state index in [1.54, 1.807) is 35.1 Å². The van der Waals surface area contributed by atoms with Crippen LogP contribution in [0.3, 0.4) is 0 Å². The number of aromatic nitrogens is 2. The van der Waals surface area contributed by atoms with Gasteiger partial charge in [0.2, 0.25) is 0 Å². The molecule has 0 spiro atoms. The molecule has 20 heavy (non-hydrogen) atoms. The standard InChI is InChI=1S/C14H18N4O2/c1-17(2)13-5-4-10(8-12(13)15)14(19)20-9-11-6-7-18(3)16-11/h4-8H,9,15H2,1-3H3. The van der Waals surface area contributed by atoms with Crippen LogP contribution in [0, 0.1) is 0 Å². The average Bonchev–Trinajstić information content (AvgIpc) is 2.81. The molecule has 2 N–H and O–H groups in total. The molecule has 0 unspecified atom stereocenters. The van der Waals surface area contributed by atoms with E-state index in [1.807, 2.05) is 26.0 Å². The Labute approximate surface area is 117 Å². The highest BCUT2D eigenvalue weighted by Gasteiger charge is 2.11. The van der Waals surface area contributed by atoms with Gasteiger partial charge in [0.05, 0.1) is 22.6 Å². The summed E-state index contributed by atoms with van der Waals surface area (Å²) in [6, 6.07) is 6.92. The summed E-state index contributed by atoms with van der Waals surface area (Å²) in [5, 5.41) is 4.14. The number of anilines is 2. The van der Waals surface area contributed by atoms with Gasteiger partial charge in [-0.05, 0) is 24.3 Å². The summed E-state index contributed by atoms with van der Waals surface area (Å²) in [6.45, 7) is 0.148. The van der Waals surface area contributed by atoms with Crippen molar-refractivity contribution in [3.8, 4) is 0 Å². The molecular formula is C14H18N4O2. The maximum absolute atomic E-state index is 11.9. The first kappa shape index (κ1) is 13.9. The third-order valence-electron chi connectivity index (χ3n) is 2.87. The molecule has 0 aliphatic rings. The number of nitrogens with two attached hydrogens (primary N) is 1. The van der Waals surface area contributed by atoms with E-state index in [0.29, 0.717) is 16.9 Å². The van der Waals surface area contributed by atoms with Crippen LogP contribution in [0.5, 0.6) is 0 Å². The van der Waals surface area contributed by atoms with Crippen molar-refractivity contribution in [1.82, 2.24) is 9.78 Å². The van der Waals surface area contributed by atoms with Gasteiger partial charge >= 0.3 is 5.97 Å². The molecule has 0 radical (unpaired) electrons. The molecule has 1 aromatic carbocycles. The Balaban J connectivity index is 2.04. The summed E-state index contributed by atoms with van der Waals surface area (Å²) in [5.41, 5.74) is 8.46. The Hall–Kier alpha value is -2.50. The fourth-order valence-corrected chi connectivity index (χ4v) is 1.85. The van der Waals surface area contributed by atoms with Crippen molar-refractivity contribution in [2.24, 2.45) is 7.05 Å². The van der Waals surface area contributed by atoms with Crippen LogP contribution < -0.4 is 10.6 Å². The molecule has 0 aliphatic heterocycles. The van der Waals surface area contributed by atoms with Crippen molar-refractivity contribution >= 4 is 17.3 Å². The Bertz CT molecular complexity index is 619. The highest BCUT2D eigenvalue weighted by Crippen LogP contribution is 2.22. The fraction of sp³-hybridized carbons (Fsp3) is 0.286. The number of carbonyl (C=O) groups is 1. The van der Waals surface area contributed by atoms with Gasteiger partial charge in [0.1, 0.15) is 6.61 Å². The largest absolute Gasteiger partial charge is 0.456 e. The van der Waals surface area contributed by atoms with Gasteiger partial charge in [-0.3, -0.25) is 4.68 Å². The lowest BCUT2D eigenvalue weighted by molar-refractivity contribution is 0.0467. The smallest absolute Gasteiger partial charge is 0.338 e. The predicted octanol–water partition coefficient (Wildman–Crippen LogP) is 1.43. The lowest BCUT2D eigenvalue weighted by Crippen LogP contribution is -2.12. The van der Waals surface area contributed by atoms with Crippen LogP contribution in [0.25, 0.3) is 0 Å².